The first-order valence-corrected chi connectivity index (χ1v) is 9.39. The number of carbonyl (C=O) groups excluding carboxylic acids is 1. The van der Waals surface area contributed by atoms with E-state index in [9.17, 15) is 4.79 Å². The van der Waals surface area contributed by atoms with Gasteiger partial charge in [-0.1, -0.05) is 17.7 Å². The van der Waals surface area contributed by atoms with E-state index in [-0.39, 0.29) is 5.91 Å². The molecule has 1 aliphatic rings. The molecule has 1 aliphatic heterocycles. The molecule has 28 heavy (non-hydrogen) atoms. The Hall–Kier alpha value is -2.99. The van der Waals surface area contributed by atoms with Crippen molar-refractivity contribution in [1.29, 1.82) is 0 Å². The van der Waals surface area contributed by atoms with Crippen LogP contribution < -0.4 is 14.8 Å². The number of aromatic nitrogens is 2. The molecule has 2 aromatic heterocycles. The largest absolute Gasteiger partial charge is 0.486 e. The van der Waals surface area contributed by atoms with Gasteiger partial charge in [-0.25, -0.2) is 4.98 Å². The van der Waals surface area contributed by atoms with Gasteiger partial charge in [0.25, 0.3) is 5.91 Å². The highest BCUT2D eigenvalue weighted by atomic mass is 35.5. The van der Waals surface area contributed by atoms with Crippen molar-refractivity contribution in [2.75, 3.05) is 13.2 Å². The summed E-state index contributed by atoms with van der Waals surface area (Å²) in [7, 11) is 0. The van der Waals surface area contributed by atoms with Gasteiger partial charge in [0.05, 0.1) is 10.6 Å². The Morgan fingerprint density at radius 2 is 2.04 bits per heavy atom. The third kappa shape index (κ3) is 3.43. The van der Waals surface area contributed by atoms with Gasteiger partial charge >= 0.3 is 0 Å². The summed E-state index contributed by atoms with van der Waals surface area (Å²) >= 11 is 6.27. The fourth-order valence-corrected chi connectivity index (χ4v) is 3.66. The molecule has 6 nitrogen and oxygen atoms in total. The first-order chi connectivity index (χ1) is 13.5. The molecule has 0 aliphatic carbocycles. The van der Waals surface area contributed by atoms with Crippen LogP contribution in [0.3, 0.4) is 0 Å². The second-order valence-corrected chi connectivity index (χ2v) is 7.00. The van der Waals surface area contributed by atoms with Crippen molar-refractivity contribution in [3.8, 4) is 17.3 Å². The van der Waals surface area contributed by atoms with Gasteiger partial charge in [0.15, 0.2) is 11.5 Å². The molecule has 0 saturated carbocycles. The minimum atomic E-state index is -0.152. The summed E-state index contributed by atoms with van der Waals surface area (Å²) in [6, 6.07) is 11.2. The first kappa shape index (κ1) is 18.4. The quantitative estimate of drug-likeness (QED) is 0.726. The maximum atomic E-state index is 12.8. The predicted molar refractivity (Wildman–Crippen MR) is 107 cm³/mol. The molecule has 3 aromatic rings. The number of nitrogens with zero attached hydrogens (tertiary/aromatic N) is 2. The highest BCUT2D eigenvalue weighted by molar-refractivity contribution is 6.32. The van der Waals surface area contributed by atoms with E-state index in [0.29, 0.717) is 41.8 Å². The fraction of sp³-hybridized carbons (Fsp3) is 0.238. The molecule has 0 atom stereocenters. The number of rotatable bonds is 4. The third-order valence-corrected chi connectivity index (χ3v) is 4.94. The molecule has 0 saturated heterocycles. The molecule has 3 heterocycles. The number of amides is 1. The van der Waals surface area contributed by atoms with Crippen molar-refractivity contribution in [3.05, 3.63) is 70.1 Å². The van der Waals surface area contributed by atoms with Crippen LogP contribution >= 0.6 is 11.6 Å². The summed E-state index contributed by atoms with van der Waals surface area (Å²) in [5, 5.41) is 3.44. The van der Waals surface area contributed by atoms with E-state index in [2.05, 4.69) is 10.3 Å². The fourth-order valence-electron chi connectivity index (χ4n) is 3.38. The molecular weight excluding hydrogens is 378 g/mol. The van der Waals surface area contributed by atoms with Gasteiger partial charge in [0.2, 0.25) is 0 Å². The van der Waals surface area contributed by atoms with Crippen molar-refractivity contribution in [3.63, 3.8) is 0 Å². The predicted octanol–water partition coefficient (Wildman–Crippen LogP) is 3.84. The molecular formula is C21H20ClN3O3. The molecule has 4 rings (SSSR count). The molecule has 0 bridgehead atoms. The smallest absolute Gasteiger partial charge is 0.253 e. The average Bonchev–Trinajstić information content (AvgIpc) is 3.01. The van der Waals surface area contributed by atoms with E-state index in [1.807, 2.05) is 48.7 Å². The van der Waals surface area contributed by atoms with Gasteiger partial charge in [0, 0.05) is 24.1 Å². The van der Waals surface area contributed by atoms with Crippen LogP contribution in [0.4, 0.5) is 0 Å². The zero-order valence-electron chi connectivity index (χ0n) is 15.7. The summed E-state index contributed by atoms with van der Waals surface area (Å²) < 4.78 is 13.1. The highest BCUT2D eigenvalue weighted by Crippen LogP contribution is 2.38. The van der Waals surface area contributed by atoms with Crippen LogP contribution in [-0.2, 0) is 6.54 Å². The number of aryl methyl sites for hydroxylation is 1. The third-order valence-electron chi connectivity index (χ3n) is 4.66. The molecule has 7 heteroatoms. The zero-order chi connectivity index (χ0) is 19.7. The monoisotopic (exact) mass is 397 g/mol. The normalized spacial score (nSPS) is 12.7. The summed E-state index contributed by atoms with van der Waals surface area (Å²) in [5.74, 6) is 1.80. The molecule has 1 N–H and O–H groups in total. The van der Waals surface area contributed by atoms with E-state index in [1.54, 1.807) is 12.3 Å². The van der Waals surface area contributed by atoms with Crippen molar-refractivity contribution in [1.82, 2.24) is 14.9 Å². The molecule has 0 fully saturated rings. The van der Waals surface area contributed by atoms with E-state index < -0.39 is 0 Å². The van der Waals surface area contributed by atoms with Gasteiger partial charge < -0.3 is 19.4 Å². The Kier molecular flexibility index (Phi) is 4.96. The van der Waals surface area contributed by atoms with Crippen LogP contribution in [0.1, 0.15) is 27.3 Å². The number of carbonyl (C=O) groups is 1. The van der Waals surface area contributed by atoms with Gasteiger partial charge in [0.1, 0.15) is 19.0 Å². The van der Waals surface area contributed by atoms with Crippen molar-refractivity contribution in [2.24, 2.45) is 0 Å². The molecule has 1 amide bonds. The number of halogens is 1. The number of hydrogen-bond donors (Lipinski definition) is 1. The average molecular weight is 398 g/mol. The second-order valence-electron chi connectivity index (χ2n) is 6.59. The lowest BCUT2D eigenvalue weighted by Crippen LogP contribution is -2.23. The van der Waals surface area contributed by atoms with Crippen LogP contribution in [-0.4, -0.2) is 28.7 Å². The number of fused-ring (bicyclic) bond motifs is 1. The van der Waals surface area contributed by atoms with Crippen LogP contribution in [0, 0.1) is 13.8 Å². The summed E-state index contributed by atoms with van der Waals surface area (Å²) in [4.78, 5) is 17.2. The lowest BCUT2D eigenvalue weighted by molar-refractivity contribution is 0.0950. The maximum absolute atomic E-state index is 12.8. The summed E-state index contributed by atoms with van der Waals surface area (Å²) in [5.41, 5.74) is 3.26. The van der Waals surface area contributed by atoms with Crippen LogP contribution in [0.2, 0.25) is 5.02 Å². The van der Waals surface area contributed by atoms with E-state index in [4.69, 9.17) is 21.1 Å². The topological polar surface area (TPSA) is 65.4 Å². The zero-order valence-corrected chi connectivity index (χ0v) is 16.4. The molecule has 0 spiro atoms. The van der Waals surface area contributed by atoms with Crippen molar-refractivity contribution >= 4 is 17.5 Å². The molecule has 0 unspecified atom stereocenters. The van der Waals surface area contributed by atoms with Crippen molar-refractivity contribution < 1.29 is 14.3 Å². The number of benzene rings is 1. The van der Waals surface area contributed by atoms with E-state index in [0.717, 1.165) is 22.8 Å². The minimum absolute atomic E-state index is 0.152. The Labute approximate surface area is 168 Å². The Morgan fingerprint density at radius 1 is 1.21 bits per heavy atom. The van der Waals surface area contributed by atoms with Crippen LogP contribution in [0.25, 0.3) is 5.82 Å². The molecule has 1 aromatic carbocycles. The number of ether oxygens (including phenoxy) is 2. The lowest BCUT2D eigenvalue weighted by atomic mass is 10.1. The van der Waals surface area contributed by atoms with E-state index >= 15 is 0 Å². The van der Waals surface area contributed by atoms with Crippen molar-refractivity contribution in [2.45, 2.75) is 20.4 Å². The standard InChI is InChI=1S/C21H20ClN3O3/c1-13-9-16(14(2)25(13)19-5-3-4-6-23-19)21(26)24-12-15-10-17(22)20-18(11-15)27-7-8-28-20/h3-6,9-11H,7-8,12H2,1-2H3,(H,24,26). The number of pyridine rings is 1. The molecule has 144 valence electrons. The van der Waals surface area contributed by atoms with Crippen LogP contribution in [0.5, 0.6) is 11.5 Å². The van der Waals surface area contributed by atoms with Gasteiger partial charge in [-0.15, -0.1) is 0 Å². The van der Waals surface area contributed by atoms with Gasteiger partial charge in [-0.3, -0.25) is 4.79 Å². The second kappa shape index (κ2) is 7.56. The number of nitrogens with one attached hydrogen (secondary N) is 1. The first-order valence-electron chi connectivity index (χ1n) is 9.01. The van der Waals surface area contributed by atoms with E-state index in [1.165, 1.54) is 0 Å². The summed E-state index contributed by atoms with van der Waals surface area (Å²) in [6.07, 6.45) is 1.74. The van der Waals surface area contributed by atoms with Crippen LogP contribution in [0.15, 0.2) is 42.6 Å². The molecule has 0 radical (unpaired) electrons. The van der Waals surface area contributed by atoms with Gasteiger partial charge in [-0.05, 0) is 49.7 Å². The Balaban J connectivity index is 1.53. The maximum Gasteiger partial charge on any atom is 0.253 e. The Bertz CT molecular complexity index is 1030. The minimum Gasteiger partial charge on any atom is -0.486 e. The SMILES string of the molecule is Cc1cc(C(=O)NCc2cc(Cl)c3c(c2)OCCO3)c(C)n1-c1ccccn1. The lowest BCUT2D eigenvalue weighted by Gasteiger charge is -2.20. The highest BCUT2D eigenvalue weighted by Gasteiger charge is 2.19. The summed E-state index contributed by atoms with van der Waals surface area (Å²) in [6.45, 7) is 5.17. The number of hydrogen-bond acceptors (Lipinski definition) is 4. The Morgan fingerprint density at radius 3 is 2.82 bits per heavy atom. The van der Waals surface area contributed by atoms with Gasteiger partial charge in [-0.2, -0.15) is 0 Å².